The highest BCUT2D eigenvalue weighted by molar-refractivity contribution is 14.1. The molecule has 30 heavy (non-hydrogen) atoms. The average Bonchev–Trinajstić information content (AvgIpc) is 3.39. The van der Waals surface area contributed by atoms with Crippen molar-refractivity contribution in [1.29, 1.82) is 0 Å². The second-order valence-electron chi connectivity index (χ2n) is 7.28. The van der Waals surface area contributed by atoms with Crippen LogP contribution in [0.2, 0.25) is 0 Å². The Labute approximate surface area is 187 Å². The van der Waals surface area contributed by atoms with Gasteiger partial charge < -0.3 is 15.1 Å². The highest BCUT2D eigenvalue weighted by Crippen LogP contribution is 2.25. The van der Waals surface area contributed by atoms with Crippen LogP contribution in [-0.2, 0) is 0 Å². The number of halogens is 1. The molecule has 1 aliphatic rings. The Morgan fingerprint density at radius 2 is 1.93 bits per heavy atom. The van der Waals surface area contributed by atoms with Gasteiger partial charge in [-0.2, -0.15) is 4.98 Å². The Bertz CT molecular complexity index is 1110. The molecule has 0 unspecified atom stereocenters. The van der Waals surface area contributed by atoms with Crippen molar-refractivity contribution < 1.29 is 9.59 Å². The molecule has 4 rings (SSSR count). The molecule has 0 atom stereocenters. The number of nitrogens with one attached hydrogen (secondary N) is 2. The summed E-state index contributed by atoms with van der Waals surface area (Å²) in [6, 6.07) is 7.36. The van der Waals surface area contributed by atoms with Crippen LogP contribution in [0.1, 0.15) is 12.8 Å². The number of carbonyl (C=O) groups excluding carboxylic acids is 2. The molecule has 3 amide bonds. The van der Waals surface area contributed by atoms with E-state index in [0.29, 0.717) is 5.82 Å². The molecule has 0 spiro atoms. The van der Waals surface area contributed by atoms with Gasteiger partial charge in [0.2, 0.25) is 5.95 Å². The lowest BCUT2D eigenvalue weighted by molar-refractivity contribution is 0.220. The summed E-state index contributed by atoms with van der Waals surface area (Å²) in [7, 11) is 3.45. The van der Waals surface area contributed by atoms with Crippen molar-refractivity contribution in [1.82, 2.24) is 24.3 Å². The lowest BCUT2D eigenvalue weighted by Gasteiger charge is -2.16. The minimum atomic E-state index is -0.173. The van der Waals surface area contributed by atoms with Crippen molar-refractivity contribution in [3.8, 4) is 0 Å². The van der Waals surface area contributed by atoms with Crippen molar-refractivity contribution >= 4 is 63.0 Å². The van der Waals surface area contributed by atoms with Crippen LogP contribution in [0, 0.1) is 3.57 Å². The molecular formula is C20H22IN7O2. The Kier molecular flexibility index (Phi) is 5.75. The summed E-state index contributed by atoms with van der Waals surface area (Å²) < 4.78 is 2.44. The number of nitrogens with zero attached hydrogens (tertiary/aromatic N) is 5. The number of carbonyl (C=O) groups is 2. The third-order valence-corrected chi connectivity index (χ3v) is 5.69. The number of aromatic nitrogens is 3. The number of likely N-dealkylation sites (tertiary alicyclic amines) is 1. The van der Waals surface area contributed by atoms with Crippen molar-refractivity contribution in [3.05, 3.63) is 40.2 Å². The van der Waals surface area contributed by atoms with Gasteiger partial charge in [-0.15, -0.1) is 0 Å². The zero-order valence-corrected chi connectivity index (χ0v) is 18.9. The van der Waals surface area contributed by atoms with E-state index in [1.54, 1.807) is 36.0 Å². The van der Waals surface area contributed by atoms with E-state index in [4.69, 9.17) is 0 Å². The molecule has 0 bridgehead atoms. The Morgan fingerprint density at radius 3 is 2.67 bits per heavy atom. The molecule has 0 aliphatic carbocycles. The quantitative estimate of drug-likeness (QED) is 0.512. The van der Waals surface area contributed by atoms with E-state index in [-0.39, 0.29) is 18.0 Å². The van der Waals surface area contributed by atoms with Crippen LogP contribution in [-0.4, -0.2) is 63.6 Å². The van der Waals surface area contributed by atoms with E-state index >= 15 is 0 Å². The first-order valence-corrected chi connectivity index (χ1v) is 10.7. The fourth-order valence-electron chi connectivity index (χ4n) is 3.35. The number of anilines is 3. The van der Waals surface area contributed by atoms with Crippen LogP contribution in [0.25, 0.3) is 10.9 Å². The van der Waals surface area contributed by atoms with Crippen molar-refractivity contribution in [3.63, 3.8) is 0 Å². The van der Waals surface area contributed by atoms with Crippen LogP contribution in [0.3, 0.4) is 0 Å². The lowest BCUT2D eigenvalue weighted by atomic mass is 10.2. The number of hydrogen-bond acceptors (Lipinski definition) is 5. The first-order valence-electron chi connectivity index (χ1n) is 9.60. The molecule has 3 aromatic rings. The number of hydrogen-bond donors (Lipinski definition) is 2. The maximum Gasteiger partial charge on any atom is 0.328 e. The predicted octanol–water partition coefficient (Wildman–Crippen LogP) is 3.94. The smallest absolute Gasteiger partial charge is 0.328 e. The van der Waals surface area contributed by atoms with Crippen molar-refractivity contribution in [2.75, 3.05) is 37.8 Å². The summed E-state index contributed by atoms with van der Waals surface area (Å²) in [4.78, 5) is 36.6. The van der Waals surface area contributed by atoms with Gasteiger partial charge in [-0.3, -0.25) is 9.88 Å². The Balaban J connectivity index is 1.54. The molecule has 2 aromatic heterocycles. The summed E-state index contributed by atoms with van der Waals surface area (Å²) in [5, 5.41) is 6.98. The molecule has 9 nitrogen and oxygen atoms in total. The van der Waals surface area contributed by atoms with Gasteiger partial charge in [0.05, 0.1) is 9.09 Å². The minimum absolute atomic E-state index is 0.102. The first-order chi connectivity index (χ1) is 14.4. The Morgan fingerprint density at radius 1 is 1.17 bits per heavy atom. The van der Waals surface area contributed by atoms with Gasteiger partial charge in [-0.05, 0) is 59.7 Å². The lowest BCUT2D eigenvalue weighted by Crippen LogP contribution is -2.32. The fraction of sp³-hybridized carbons (Fsp3) is 0.300. The number of benzene rings is 1. The van der Waals surface area contributed by atoms with E-state index in [9.17, 15) is 9.59 Å². The molecule has 156 valence electrons. The summed E-state index contributed by atoms with van der Waals surface area (Å²) >= 11 is 2.15. The normalized spacial score (nSPS) is 13.5. The molecule has 1 aliphatic heterocycles. The van der Waals surface area contributed by atoms with Crippen molar-refractivity contribution in [2.45, 2.75) is 12.8 Å². The second-order valence-corrected chi connectivity index (χ2v) is 8.44. The third-order valence-electron chi connectivity index (χ3n) is 4.90. The molecule has 2 N–H and O–H groups in total. The van der Waals surface area contributed by atoms with E-state index in [1.165, 1.54) is 4.90 Å². The zero-order chi connectivity index (χ0) is 21.3. The standard InChI is InChI=1S/C20H22IN7O2/c1-26(2)20(30)28-10-7-13-11-14(5-6-16(13)28)23-17-15(21)12-22-18(24-17)25-19(29)27-8-3-4-9-27/h5-7,10-12H,3-4,8-9H2,1-2H3,(H2,22,23,24,25,29). The molecule has 1 fully saturated rings. The number of urea groups is 1. The fourth-order valence-corrected chi connectivity index (χ4v) is 3.74. The summed E-state index contributed by atoms with van der Waals surface area (Å²) in [6.45, 7) is 1.52. The summed E-state index contributed by atoms with van der Waals surface area (Å²) in [5.74, 6) is 0.865. The third kappa shape index (κ3) is 4.18. The highest BCUT2D eigenvalue weighted by Gasteiger charge is 2.19. The Hall–Kier alpha value is -2.89. The first kappa shape index (κ1) is 20.4. The summed E-state index contributed by atoms with van der Waals surface area (Å²) in [6.07, 6.45) is 5.48. The van der Waals surface area contributed by atoms with Crippen LogP contribution in [0.5, 0.6) is 0 Å². The highest BCUT2D eigenvalue weighted by atomic mass is 127. The second kappa shape index (κ2) is 8.46. The number of rotatable bonds is 3. The van der Waals surface area contributed by atoms with Gasteiger partial charge in [-0.1, -0.05) is 0 Å². The van der Waals surface area contributed by atoms with Crippen molar-refractivity contribution in [2.24, 2.45) is 0 Å². The van der Waals surface area contributed by atoms with Gasteiger partial charge in [0.1, 0.15) is 5.82 Å². The van der Waals surface area contributed by atoms with E-state index in [1.807, 2.05) is 24.3 Å². The van der Waals surface area contributed by atoms with Gasteiger partial charge in [0, 0.05) is 50.7 Å². The molecule has 3 heterocycles. The minimum Gasteiger partial charge on any atom is -0.339 e. The van der Waals surface area contributed by atoms with E-state index in [0.717, 1.165) is 46.1 Å². The van der Waals surface area contributed by atoms with Gasteiger partial charge in [0.25, 0.3) is 0 Å². The molecule has 10 heteroatoms. The number of fused-ring (bicyclic) bond motifs is 1. The largest absolute Gasteiger partial charge is 0.339 e. The molecule has 0 saturated carbocycles. The topological polar surface area (TPSA) is 95.4 Å². The van der Waals surface area contributed by atoms with Crippen LogP contribution in [0.4, 0.5) is 27.0 Å². The van der Waals surface area contributed by atoms with Crippen LogP contribution < -0.4 is 10.6 Å². The van der Waals surface area contributed by atoms with Gasteiger partial charge in [-0.25, -0.2) is 14.6 Å². The number of amides is 3. The van der Waals surface area contributed by atoms with E-state index < -0.39 is 0 Å². The molecule has 1 aromatic carbocycles. The monoisotopic (exact) mass is 519 g/mol. The van der Waals surface area contributed by atoms with Gasteiger partial charge in [0.15, 0.2) is 0 Å². The predicted molar refractivity (Wildman–Crippen MR) is 124 cm³/mol. The van der Waals surface area contributed by atoms with Crippen LogP contribution >= 0.6 is 22.6 Å². The molecule has 0 radical (unpaired) electrons. The maximum absolute atomic E-state index is 12.3. The zero-order valence-electron chi connectivity index (χ0n) is 16.7. The maximum atomic E-state index is 12.3. The molecular weight excluding hydrogens is 497 g/mol. The SMILES string of the molecule is CN(C)C(=O)n1ccc2cc(Nc3nc(NC(=O)N4CCCC4)ncc3I)ccc21. The van der Waals surface area contributed by atoms with Crippen LogP contribution in [0.15, 0.2) is 36.7 Å². The van der Waals surface area contributed by atoms with Gasteiger partial charge >= 0.3 is 12.1 Å². The average molecular weight is 519 g/mol. The molecule has 1 saturated heterocycles. The van der Waals surface area contributed by atoms with E-state index in [2.05, 4.69) is 43.2 Å². The summed E-state index contributed by atoms with van der Waals surface area (Å²) in [5.41, 5.74) is 1.65.